The normalized spacial score (nSPS) is 19.4. The average molecular weight is 281 g/mol. The summed E-state index contributed by atoms with van der Waals surface area (Å²) < 4.78 is 1.80. The monoisotopic (exact) mass is 280 g/mol. The highest BCUT2D eigenvalue weighted by atomic mass is 35.5. The Hall–Kier alpha value is -0.610. The minimum absolute atomic E-state index is 0. The molecule has 0 bridgehead atoms. The first-order valence-corrected chi connectivity index (χ1v) is 5.78. The SMILES string of the molecule is CCC1CCCCN1c1nn(C)cc1N.Cl.Cl. The molecule has 17 heavy (non-hydrogen) atoms. The van der Waals surface area contributed by atoms with E-state index in [9.17, 15) is 0 Å². The molecular formula is C11H22Cl2N4. The standard InChI is InChI=1S/C11H20N4.2ClH/c1-3-9-6-4-5-7-15(9)11-10(12)8-14(2)13-11;;/h8-9H,3-7,12H2,1-2H3;2*1H. The topological polar surface area (TPSA) is 47.1 Å². The number of hydrogen-bond donors (Lipinski definition) is 1. The fraction of sp³-hybridized carbons (Fsp3) is 0.727. The highest BCUT2D eigenvalue weighted by Gasteiger charge is 2.24. The number of rotatable bonds is 2. The lowest BCUT2D eigenvalue weighted by molar-refractivity contribution is 0.446. The minimum Gasteiger partial charge on any atom is -0.394 e. The second kappa shape index (κ2) is 6.97. The molecular weight excluding hydrogens is 259 g/mol. The van der Waals surface area contributed by atoms with Crippen molar-refractivity contribution in [2.24, 2.45) is 7.05 Å². The molecule has 1 saturated heterocycles. The molecule has 2 N–H and O–H groups in total. The maximum atomic E-state index is 5.96. The number of nitrogen functional groups attached to an aromatic ring is 1. The van der Waals surface area contributed by atoms with Gasteiger partial charge in [-0.05, 0) is 25.7 Å². The minimum atomic E-state index is 0. The maximum Gasteiger partial charge on any atom is 0.174 e. The van der Waals surface area contributed by atoms with Gasteiger partial charge in [0.15, 0.2) is 5.82 Å². The van der Waals surface area contributed by atoms with E-state index < -0.39 is 0 Å². The summed E-state index contributed by atoms with van der Waals surface area (Å²) in [6.07, 6.45) is 6.92. The molecule has 0 aliphatic carbocycles. The second-order valence-electron chi connectivity index (χ2n) is 4.33. The Kier molecular flexibility index (Phi) is 6.72. The zero-order chi connectivity index (χ0) is 10.8. The van der Waals surface area contributed by atoms with Crippen LogP contribution in [0.2, 0.25) is 0 Å². The van der Waals surface area contributed by atoms with E-state index in [4.69, 9.17) is 5.73 Å². The molecule has 1 aromatic rings. The molecule has 0 spiro atoms. The van der Waals surface area contributed by atoms with E-state index in [-0.39, 0.29) is 24.8 Å². The molecule has 1 fully saturated rings. The number of halogens is 2. The molecule has 0 saturated carbocycles. The van der Waals surface area contributed by atoms with Gasteiger partial charge in [0.2, 0.25) is 0 Å². The smallest absolute Gasteiger partial charge is 0.174 e. The van der Waals surface area contributed by atoms with Crippen molar-refractivity contribution in [3.63, 3.8) is 0 Å². The molecule has 1 aromatic heterocycles. The lowest BCUT2D eigenvalue weighted by Crippen LogP contribution is -2.39. The third-order valence-corrected chi connectivity index (χ3v) is 3.21. The van der Waals surface area contributed by atoms with Crippen LogP contribution in [0, 0.1) is 0 Å². The number of nitrogens with zero attached hydrogens (tertiary/aromatic N) is 3. The van der Waals surface area contributed by atoms with Gasteiger partial charge in [-0.15, -0.1) is 24.8 Å². The Labute approximate surface area is 115 Å². The van der Waals surface area contributed by atoms with Crippen LogP contribution in [0.5, 0.6) is 0 Å². The van der Waals surface area contributed by atoms with Crippen molar-refractivity contribution in [2.45, 2.75) is 38.6 Å². The van der Waals surface area contributed by atoms with Gasteiger partial charge in [0, 0.05) is 25.8 Å². The first kappa shape index (κ1) is 16.4. The van der Waals surface area contributed by atoms with Crippen molar-refractivity contribution in [1.29, 1.82) is 0 Å². The molecule has 4 nitrogen and oxygen atoms in total. The molecule has 0 amide bonds. The maximum absolute atomic E-state index is 5.96. The van der Waals surface area contributed by atoms with Gasteiger partial charge in [-0.1, -0.05) is 6.92 Å². The predicted octanol–water partition coefficient (Wildman–Crippen LogP) is 2.61. The summed E-state index contributed by atoms with van der Waals surface area (Å²) in [6, 6.07) is 0.621. The van der Waals surface area contributed by atoms with Crippen molar-refractivity contribution in [1.82, 2.24) is 9.78 Å². The molecule has 2 rings (SSSR count). The van der Waals surface area contributed by atoms with Gasteiger partial charge in [0.05, 0.1) is 5.69 Å². The zero-order valence-electron chi connectivity index (χ0n) is 10.4. The van der Waals surface area contributed by atoms with E-state index in [1.54, 1.807) is 4.68 Å². The average Bonchev–Trinajstić information content (AvgIpc) is 2.57. The van der Waals surface area contributed by atoms with E-state index in [1.807, 2.05) is 13.2 Å². The second-order valence-corrected chi connectivity index (χ2v) is 4.33. The van der Waals surface area contributed by atoms with Crippen LogP contribution in [-0.4, -0.2) is 22.4 Å². The first-order chi connectivity index (χ1) is 7.22. The molecule has 0 aromatic carbocycles. The summed E-state index contributed by atoms with van der Waals surface area (Å²) in [4.78, 5) is 2.37. The van der Waals surface area contributed by atoms with Gasteiger partial charge < -0.3 is 10.6 Å². The van der Waals surface area contributed by atoms with Crippen LogP contribution in [0.3, 0.4) is 0 Å². The summed E-state index contributed by atoms with van der Waals surface area (Å²) in [6.45, 7) is 3.34. The van der Waals surface area contributed by atoms with Crippen LogP contribution in [0.4, 0.5) is 11.5 Å². The number of aromatic nitrogens is 2. The number of nitrogens with two attached hydrogens (primary N) is 1. The summed E-state index contributed by atoms with van der Waals surface area (Å²) in [5.41, 5.74) is 6.77. The van der Waals surface area contributed by atoms with Crippen LogP contribution in [-0.2, 0) is 7.05 Å². The van der Waals surface area contributed by atoms with E-state index in [0.29, 0.717) is 6.04 Å². The Balaban J connectivity index is 0.00000128. The summed E-state index contributed by atoms with van der Waals surface area (Å²) in [7, 11) is 1.92. The molecule has 1 aliphatic rings. The predicted molar refractivity (Wildman–Crippen MR) is 77.4 cm³/mol. The number of aryl methyl sites for hydroxylation is 1. The van der Waals surface area contributed by atoms with E-state index in [1.165, 1.54) is 25.7 Å². The fourth-order valence-electron chi connectivity index (χ4n) is 2.42. The van der Waals surface area contributed by atoms with Gasteiger partial charge in [-0.2, -0.15) is 5.10 Å². The first-order valence-electron chi connectivity index (χ1n) is 5.78. The van der Waals surface area contributed by atoms with Crippen molar-refractivity contribution >= 4 is 36.3 Å². The highest BCUT2D eigenvalue weighted by Crippen LogP contribution is 2.28. The van der Waals surface area contributed by atoms with Crippen LogP contribution in [0.15, 0.2) is 6.20 Å². The molecule has 1 aliphatic heterocycles. The Morgan fingerprint density at radius 3 is 2.65 bits per heavy atom. The van der Waals surface area contributed by atoms with E-state index in [0.717, 1.165) is 18.1 Å². The molecule has 0 radical (unpaired) electrons. The summed E-state index contributed by atoms with van der Waals surface area (Å²) in [5, 5.41) is 4.45. The van der Waals surface area contributed by atoms with Crippen molar-refractivity contribution in [3.05, 3.63) is 6.20 Å². The summed E-state index contributed by atoms with van der Waals surface area (Å²) >= 11 is 0. The summed E-state index contributed by atoms with van der Waals surface area (Å²) in [5.74, 6) is 0.976. The Bertz CT molecular complexity index is 340. The number of anilines is 2. The number of hydrogen-bond acceptors (Lipinski definition) is 3. The van der Waals surface area contributed by atoms with Crippen molar-refractivity contribution < 1.29 is 0 Å². The van der Waals surface area contributed by atoms with Crippen LogP contribution < -0.4 is 10.6 Å². The van der Waals surface area contributed by atoms with Crippen molar-refractivity contribution in [2.75, 3.05) is 17.2 Å². The Morgan fingerprint density at radius 2 is 2.12 bits per heavy atom. The third kappa shape index (κ3) is 3.42. The van der Waals surface area contributed by atoms with Gasteiger partial charge in [0.1, 0.15) is 0 Å². The lowest BCUT2D eigenvalue weighted by atomic mass is 10.00. The number of piperidine rings is 1. The van der Waals surface area contributed by atoms with Crippen LogP contribution >= 0.6 is 24.8 Å². The quantitative estimate of drug-likeness (QED) is 0.906. The molecule has 2 heterocycles. The molecule has 6 heteroatoms. The van der Waals surface area contributed by atoms with Gasteiger partial charge >= 0.3 is 0 Å². The van der Waals surface area contributed by atoms with Gasteiger partial charge in [-0.25, -0.2) is 0 Å². The van der Waals surface area contributed by atoms with E-state index >= 15 is 0 Å². The largest absolute Gasteiger partial charge is 0.394 e. The van der Waals surface area contributed by atoms with Crippen molar-refractivity contribution in [3.8, 4) is 0 Å². The molecule has 1 atom stereocenters. The van der Waals surface area contributed by atoms with Gasteiger partial charge in [0.25, 0.3) is 0 Å². The zero-order valence-corrected chi connectivity index (χ0v) is 12.1. The highest BCUT2D eigenvalue weighted by molar-refractivity contribution is 5.85. The molecule has 1 unspecified atom stereocenters. The van der Waals surface area contributed by atoms with Crippen LogP contribution in [0.1, 0.15) is 32.6 Å². The third-order valence-electron chi connectivity index (χ3n) is 3.21. The molecule has 100 valence electrons. The van der Waals surface area contributed by atoms with Crippen LogP contribution in [0.25, 0.3) is 0 Å². The van der Waals surface area contributed by atoms with Gasteiger partial charge in [-0.3, -0.25) is 4.68 Å². The lowest BCUT2D eigenvalue weighted by Gasteiger charge is -2.35. The van der Waals surface area contributed by atoms with E-state index in [2.05, 4.69) is 16.9 Å². The Morgan fingerprint density at radius 1 is 1.41 bits per heavy atom. The fourth-order valence-corrected chi connectivity index (χ4v) is 2.42.